The van der Waals surface area contributed by atoms with Crippen molar-refractivity contribution < 1.29 is 28.7 Å². The Balaban J connectivity index is 2.35. The number of Topliss-reactive ketones (excluding diaryl/α,β-unsaturated/α-hetero) is 1. The number of nitrogens with one attached hydrogen (secondary N) is 1. The van der Waals surface area contributed by atoms with E-state index in [9.17, 15) is 19.2 Å². The second-order valence-corrected chi connectivity index (χ2v) is 7.09. The lowest BCUT2D eigenvalue weighted by atomic mass is 10.1. The second-order valence-electron chi connectivity index (χ2n) is 6.66. The summed E-state index contributed by atoms with van der Waals surface area (Å²) in [6, 6.07) is 6.85. The van der Waals surface area contributed by atoms with Crippen LogP contribution in [0.15, 0.2) is 24.3 Å². The van der Waals surface area contributed by atoms with E-state index in [1.54, 1.807) is 31.2 Å². The van der Waals surface area contributed by atoms with Gasteiger partial charge in [0.2, 0.25) is 5.91 Å². The highest BCUT2D eigenvalue weighted by molar-refractivity contribution is 6.30. The van der Waals surface area contributed by atoms with Gasteiger partial charge in [0, 0.05) is 24.2 Å². The minimum Gasteiger partial charge on any atom is -0.468 e. The van der Waals surface area contributed by atoms with Crippen molar-refractivity contribution in [3.05, 3.63) is 57.4 Å². The first kappa shape index (κ1) is 23.2. The van der Waals surface area contributed by atoms with E-state index in [1.165, 1.54) is 26.0 Å². The first-order valence-electron chi connectivity index (χ1n) is 9.07. The molecule has 0 saturated carbocycles. The van der Waals surface area contributed by atoms with Crippen LogP contribution in [-0.2, 0) is 32.0 Å². The number of esters is 2. The predicted molar refractivity (Wildman–Crippen MR) is 109 cm³/mol. The van der Waals surface area contributed by atoms with Crippen LogP contribution in [-0.4, -0.2) is 54.3 Å². The van der Waals surface area contributed by atoms with E-state index < -0.39 is 17.8 Å². The summed E-state index contributed by atoms with van der Waals surface area (Å²) >= 11 is 5.90. The van der Waals surface area contributed by atoms with Gasteiger partial charge in [0.05, 0.1) is 31.9 Å². The fourth-order valence-electron chi connectivity index (χ4n) is 3.05. The van der Waals surface area contributed by atoms with Gasteiger partial charge >= 0.3 is 11.9 Å². The van der Waals surface area contributed by atoms with Gasteiger partial charge < -0.3 is 19.4 Å². The largest absolute Gasteiger partial charge is 0.468 e. The number of hydrogen-bond acceptors (Lipinski definition) is 6. The van der Waals surface area contributed by atoms with Crippen LogP contribution in [0.5, 0.6) is 0 Å². The van der Waals surface area contributed by atoms with Crippen molar-refractivity contribution in [1.82, 2.24) is 9.88 Å². The van der Waals surface area contributed by atoms with Gasteiger partial charge in [0.15, 0.2) is 5.78 Å². The molecule has 2 aromatic rings. The van der Waals surface area contributed by atoms with Crippen LogP contribution in [0, 0.1) is 6.92 Å². The van der Waals surface area contributed by atoms with Crippen LogP contribution < -0.4 is 0 Å². The zero-order chi connectivity index (χ0) is 22.4. The minimum atomic E-state index is -0.656. The lowest BCUT2D eigenvalue weighted by Gasteiger charge is -2.22. The summed E-state index contributed by atoms with van der Waals surface area (Å²) < 4.78 is 9.49. The van der Waals surface area contributed by atoms with Crippen LogP contribution in [0.1, 0.15) is 44.6 Å². The Labute approximate surface area is 179 Å². The fraction of sp³-hybridized carbons (Fsp3) is 0.333. The van der Waals surface area contributed by atoms with Crippen molar-refractivity contribution in [3.8, 4) is 0 Å². The molecule has 1 aromatic heterocycles. The molecule has 8 nitrogen and oxygen atoms in total. The van der Waals surface area contributed by atoms with Gasteiger partial charge in [-0.25, -0.2) is 4.79 Å². The van der Waals surface area contributed by atoms with Crippen molar-refractivity contribution in [2.24, 2.45) is 0 Å². The molecule has 0 saturated heterocycles. The molecule has 30 heavy (non-hydrogen) atoms. The summed E-state index contributed by atoms with van der Waals surface area (Å²) in [7, 11) is 2.45. The van der Waals surface area contributed by atoms with E-state index in [0.29, 0.717) is 10.6 Å². The number of carbonyl (C=O) groups is 4. The first-order chi connectivity index (χ1) is 14.2. The summed E-state index contributed by atoms with van der Waals surface area (Å²) in [5.41, 5.74) is 1.79. The molecular formula is C21H23ClN2O6. The van der Waals surface area contributed by atoms with Crippen LogP contribution in [0.25, 0.3) is 0 Å². The Morgan fingerprint density at radius 1 is 1.07 bits per heavy atom. The summed E-state index contributed by atoms with van der Waals surface area (Å²) in [6.07, 6.45) is -0.233. The third-order valence-electron chi connectivity index (χ3n) is 4.58. The molecule has 9 heteroatoms. The number of halogens is 1. The number of ether oxygens (including phenoxy) is 2. The van der Waals surface area contributed by atoms with Gasteiger partial charge in [-0.15, -0.1) is 0 Å². The van der Waals surface area contributed by atoms with Crippen LogP contribution in [0.4, 0.5) is 0 Å². The zero-order valence-electron chi connectivity index (χ0n) is 17.2. The Hall–Kier alpha value is -3.13. The van der Waals surface area contributed by atoms with Crippen molar-refractivity contribution in [3.63, 3.8) is 0 Å². The maximum absolute atomic E-state index is 13.0. The van der Waals surface area contributed by atoms with Crippen molar-refractivity contribution in [2.45, 2.75) is 26.8 Å². The number of methoxy groups -OCH3 is 2. The van der Waals surface area contributed by atoms with Gasteiger partial charge in [-0.05, 0) is 30.2 Å². The third-order valence-corrected chi connectivity index (χ3v) is 4.84. The molecule has 1 aromatic carbocycles. The normalized spacial score (nSPS) is 10.4. The molecule has 0 atom stereocenters. The number of rotatable bonds is 8. The summed E-state index contributed by atoms with van der Waals surface area (Å²) in [5, 5.41) is 0.547. The van der Waals surface area contributed by atoms with Gasteiger partial charge in [0.1, 0.15) is 6.54 Å². The zero-order valence-corrected chi connectivity index (χ0v) is 18.0. The lowest BCUT2D eigenvalue weighted by molar-refractivity contribution is -0.147. The molecule has 0 spiro atoms. The molecule has 2 rings (SSSR count). The van der Waals surface area contributed by atoms with E-state index in [2.05, 4.69) is 4.98 Å². The molecule has 0 aliphatic rings. The first-order valence-corrected chi connectivity index (χ1v) is 9.45. The Morgan fingerprint density at radius 3 is 2.23 bits per heavy atom. The van der Waals surface area contributed by atoms with E-state index >= 15 is 0 Å². The van der Waals surface area contributed by atoms with Gasteiger partial charge in [-0.1, -0.05) is 23.7 Å². The highest BCUT2D eigenvalue weighted by Crippen LogP contribution is 2.22. The maximum Gasteiger partial charge on any atom is 0.339 e. The molecule has 160 valence electrons. The molecule has 0 aliphatic carbocycles. The smallest absolute Gasteiger partial charge is 0.339 e. The average Bonchev–Trinajstić information content (AvgIpc) is 3.04. The summed E-state index contributed by atoms with van der Waals surface area (Å²) in [4.78, 5) is 53.1. The number of H-pyrrole nitrogens is 1. The number of carbonyl (C=O) groups excluding carboxylic acids is 4. The van der Waals surface area contributed by atoms with Crippen molar-refractivity contribution >= 4 is 35.2 Å². The molecule has 0 unspecified atom stereocenters. The summed E-state index contributed by atoms with van der Waals surface area (Å²) in [5.74, 6) is -1.95. The van der Waals surface area contributed by atoms with Crippen LogP contribution in [0.3, 0.4) is 0 Å². The number of benzene rings is 1. The number of ketones is 1. The topological polar surface area (TPSA) is 106 Å². The van der Waals surface area contributed by atoms with Gasteiger partial charge in [-0.3, -0.25) is 14.4 Å². The SMILES string of the molecule is COC(=O)CN(Cc1ccc(Cl)cc1)C(=O)Cc1[nH]c(C(C)=O)c(C)c1C(=O)OC. The van der Waals surface area contributed by atoms with E-state index in [1.807, 2.05) is 0 Å². The Morgan fingerprint density at radius 2 is 1.70 bits per heavy atom. The molecule has 0 radical (unpaired) electrons. The van der Waals surface area contributed by atoms with Gasteiger partial charge in [0.25, 0.3) is 0 Å². The van der Waals surface area contributed by atoms with E-state index in [-0.39, 0.29) is 42.2 Å². The monoisotopic (exact) mass is 434 g/mol. The van der Waals surface area contributed by atoms with E-state index in [4.69, 9.17) is 21.1 Å². The summed E-state index contributed by atoms with van der Waals surface area (Å²) in [6.45, 7) is 2.83. The molecule has 1 N–H and O–H groups in total. The lowest BCUT2D eigenvalue weighted by Crippen LogP contribution is -2.37. The molecule has 0 bridgehead atoms. The minimum absolute atomic E-state index is 0.137. The van der Waals surface area contributed by atoms with E-state index in [0.717, 1.165) is 5.56 Å². The molecule has 1 amide bonds. The molecule has 0 fully saturated rings. The maximum atomic E-state index is 13.0. The predicted octanol–water partition coefficient (Wildman–Crippen LogP) is 2.71. The third kappa shape index (κ3) is 5.48. The second kappa shape index (κ2) is 10.1. The highest BCUT2D eigenvalue weighted by atomic mass is 35.5. The van der Waals surface area contributed by atoms with Crippen LogP contribution in [0.2, 0.25) is 5.02 Å². The molecule has 1 heterocycles. The fourth-order valence-corrected chi connectivity index (χ4v) is 3.17. The Bertz CT molecular complexity index is 965. The van der Waals surface area contributed by atoms with Gasteiger partial charge in [-0.2, -0.15) is 0 Å². The molecular weight excluding hydrogens is 412 g/mol. The molecule has 0 aliphatic heterocycles. The van der Waals surface area contributed by atoms with Crippen molar-refractivity contribution in [1.29, 1.82) is 0 Å². The van der Waals surface area contributed by atoms with Crippen LogP contribution >= 0.6 is 11.6 Å². The quantitative estimate of drug-likeness (QED) is 0.505. The number of hydrogen-bond donors (Lipinski definition) is 1. The highest BCUT2D eigenvalue weighted by Gasteiger charge is 2.26. The average molecular weight is 435 g/mol. The number of aromatic amines is 1. The number of nitrogens with zero attached hydrogens (tertiary/aromatic N) is 1. The Kier molecular flexibility index (Phi) is 7.77. The standard InChI is InChI=1S/C21H23ClN2O6/c1-12-19(21(28)30-4)16(23-20(12)13(2)25)9-17(26)24(11-18(27)29-3)10-14-5-7-15(22)8-6-14/h5-8,23H,9-11H2,1-4H3. The van der Waals surface area contributed by atoms with Crippen molar-refractivity contribution in [2.75, 3.05) is 20.8 Å². The number of amides is 1. The number of aromatic nitrogens is 1.